The van der Waals surface area contributed by atoms with E-state index in [0.717, 1.165) is 60.5 Å². The van der Waals surface area contributed by atoms with Crippen LogP contribution < -0.4 is 5.32 Å². The minimum absolute atomic E-state index is 0.404. The van der Waals surface area contributed by atoms with Crippen LogP contribution in [-0.4, -0.2) is 56.0 Å². The van der Waals surface area contributed by atoms with Crippen LogP contribution in [0.2, 0.25) is 10.2 Å². The van der Waals surface area contributed by atoms with Crippen LogP contribution in [0, 0.1) is 0 Å². The first-order valence-corrected chi connectivity index (χ1v) is 12.5. The first-order valence-electron chi connectivity index (χ1n) is 11.8. The van der Waals surface area contributed by atoms with E-state index < -0.39 is 0 Å². The average Bonchev–Trinajstić information content (AvgIpc) is 3.53. The highest BCUT2D eigenvalue weighted by Crippen LogP contribution is 2.41. The van der Waals surface area contributed by atoms with Crippen molar-refractivity contribution in [3.05, 3.63) is 40.3 Å². The number of anilines is 2. The van der Waals surface area contributed by atoms with E-state index in [2.05, 4.69) is 40.2 Å². The molecule has 2 unspecified atom stereocenters. The topological polar surface area (TPSA) is 68.1 Å². The van der Waals surface area contributed by atoms with Crippen molar-refractivity contribution >= 4 is 45.7 Å². The van der Waals surface area contributed by atoms with E-state index in [1.165, 1.54) is 5.56 Å². The molecule has 3 fully saturated rings. The molecule has 9 heteroatoms. The smallest absolute Gasteiger partial charge is 0.227 e. The third-order valence-electron chi connectivity index (χ3n) is 7.32. The van der Waals surface area contributed by atoms with Crippen LogP contribution in [0.25, 0.3) is 10.9 Å². The van der Waals surface area contributed by atoms with Crippen LogP contribution >= 0.6 is 23.2 Å². The highest BCUT2D eigenvalue weighted by molar-refractivity contribution is 6.32. The van der Waals surface area contributed by atoms with Crippen LogP contribution in [0.5, 0.6) is 0 Å². The molecular formula is C24H28Cl2N6O. The molecule has 0 radical (unpaired) electrons. The van der Waals surface area contributed by atoms with E-state index in [1.54, 1.807) is 6.20 Å². The Morgan fingerprint density at radius 2 is 1.79 bits per heavy atom. The molecule has 2 aliphatic heterocycles. The first kappa shape index (κ1) is 21.6. The van der Waals surface area contributed by atoms with Crippen molar-refractivity contribution in [3.63, 3.8) is 0 Å². The van der Waals surface area contributed by atoms with Gasteiger partial charge in [-0.15, -0.1) is 0 Å². The molecule has 1 aromatic carbocycles. The van der Waals surface area contributed by atoms with E-state index in [9.17, 15) is 0 Å². The van der Waals surface area contributed by atoms with Gasteiger partial charge < -0.3 is 10.1 Å². The van der Waals surface area contributed by atoms with Gasteiger partial charge in [-0.3, -0.25) is 4.90 Å². The van der Waals surface area contributed by atoms with Gasteiger partial charge in [0.05, 0.1) is 42.7 Å². The van der Waals surface area contributed by atoms with Crippen molar-refractivity contribution in [3.8, 4) is 0 Å². The monoisotopic (exact) mass is 486 g/mol. The molecule has 1 N–H and O–H groups in total. The Balaban J connectivity index is 1.26. The number of hydrogen-bond acceptors (Lipinski definition) is 6. The fourth-order valence-corrected chi connectivity index (χ4v) is 6.14. The summed E-state index contributed by atoms with van der Waals surface area (Å²) in [4.78, 5) is 11.9. The maximum Gasteiger partial charge on any atom is 0.227 e. The summed E-state index contributed by atoms with van der Waals surface area (Å²) >= 11 is 13.3. The third kappa shape index (κ3) is 3.99. The molecule has 0 spiro atoms. The number of nitrogens with one attached hydrogen (secondary N) is 1. The van der Waals surface area contributed by atoms with Crippen molar-refractivity contribution in [1.29, 1.82) is 0 Å². The number of ether oxygens (including phenoxy) is 1. The fourth-order valence-electron chi connectivity index (χ4n) is 5.53. The SMILES string of the molecule is CC1CC(c2cc3nc(Nc4cnn(C5CC5)c4Cl)ncc3cc2Cl)CC(C)N1C1COC1. The highest BCUT2D eigenvalue weighted by atomic mass is 35.5. The first-order chi connectivity index (χ1) is 16.0. The van der Waals surface area contributed by atoms with Gasteiger partial charge in [-0.25, -0.2) is 14.6 Å². The van der Waals surface area contributed by atoms with Crippen molar-refractivity contribution in [1.82, 2.24) is 24.6 Å². The highest BCUT2D eigenvalue weighted by Gasteiger charge is 2.39. The van der Waals surface area contributed by atoms with Crippen molar-refractivity contribution in [2.24, 2.45) is 0 Å². The van der Waals surface area contributed by atoms with Crippen molar-refractivity contribution in [2.75, 3.05) is 18.5 Å². The molecular weight excluding hydrogens is 459 g/mol. The Kier molecular flexibility index (Phi) is 5.48. The third-order valence-corrected chi connectivity index (χ3v) is 8.03. The van der Waals surface area contributed by atoms with Gasteiger partial charge in [-0.05, 0) is 63.1 Å². The average molecular weight is 487 g/mol. The molecule has 2 saturated heterocycles. The van der Waals surface area contributed by atoms with Crippen molar-refractivity contribution < 1.29 is 4.74 Å². The molecule has 6 rings (SSSR count). The predicted octanol–water partition coefficient (Wildman–Crippen LogP) is 5.57. The number of nitrogens with zero attached hydrogens (tertiary/aromatic N) is 5. The zero-order valence-electron chi connectivity index (χ0n) is 18.8. The molecule has 174 valence electrons. The maximum absolute atomic E-state index is 6.76. The number of halogens is 2. The number of piperidine rings is 1. The minimum atomic E-state index is 0.404. The number of benzene rings is 1. The van der Waals surface area contributed by atoms with E-state index in [-0.39, 0.29) is 0 Å². The van der Waals surface area contributed by atoms with E-state index in [1.807, 2.05) is 16.9 Å². The summed E-state index contributed by atoms with van der Waals surface area (Å²) in [6, 6.07) is 6.10. The largest absolute Gasteiger partial charge is 0.378 e. The molecule has 3 aromatic rings. The molecule has 2 atom stereocenters. The van der Waals surface area contributed by atoms with Gasteiger partial charge in [-0.1, -0.05) is 23.2 Å². The van der Waals surface area contributed by atoms with Gasteiger partial charge >= 0.3 is 0 Å². The van der Waals surface area contributed by atoms with E-state index in [4.69, 9.17) is 32.9 Å². The van der Waals surface area contributed by atoms with E-state index in [0.29, 0.717) is 41.2 Å². The normalized spacial score (nSPS) is 26.5. The summed E-state index contributed by atoms with van der Waals surface area (Å²) in [5, 5.41) is 9.97. The van der Waals surface area contributed by atoms with Crippen LogP contribution in [0.3, 0.4) is 0 Å². The Bertz CT molecular complexity index is 1180. The summed E-state index contributed by atoms with van der Waals surface area (Å²) < 4.78 is 7.31. The van der Waals surface area contributed by atoms with Gasteiger partial charge in [0.2, 0.25) is 5.95 Å². The van der Waals surface area contributed by atoms with Crippen molar-refractivity contribution in [2.45, 2.75) is 69.6 Å². The lowest BCUT2D eigenvalue weighted by molar-refractivity contribution is -0.103. The number of likely N-dealkylation sites (tertiary alicyclic amines) is 1. The summed E-state index contributed by atoms with van der Waals surface area (Å²) in [6.45, 7) is 6.36. The molecule has 0 amide bonds. The quantitative estimate of drug-likeness (QED) is 0.508. The Morgan fingerprint density at radius 3 is 2.45 bits per heavy atom. The van der Waals surface area contributed by atoms with Gasteiger partial charge in [0, 0.05) is 28.7 Å². The molecule has 4 heterocycles. The number of hydrogen-bond donors (Lipinski definition) is 1. The molecule has 33 heavy (non-hydrogen) atoms. The van der Waals surface area contributed by atoms with Gasteiger partial charge in [-0.2, -0.15) is 5.10 Å². The van der Waals surface area contributed by atoms with Gasteiger partial charge in [0.25, 0.3) is 0 Å². The van der Waals surface area contributed by atoms with Crippen LogP contribution in [0.1, 0.15) is 57.1 Å². The lowest BCUT2D eigenvalue weighted by Crippen LogP contribution is -2.58. The lowest BCUT2D eigenvalue weighted by atomic mass is 9.81. The van der Waals surface area contributed by atoms with Crippen LogP contribution in [-0.2, 0) is 4.74 Å². The lowest BCUT2D eigenvalue weighted by Gasteiger charge is -2.49. The second kappa shape index (κ2) is 8.38. The minimum Gasteiger partial charge on any atom is -0.378 e. The number of fused-ring (bicyclic) bond motifs is 1. The summed E-state index contributed by atoms with van der Waals surface area (Å²) in [5.41, 5.74) is 2.79. The summed E-state index contributed by atoms with van der Waals surface area (Å²) in [7, 11) is 0. The summed E-state index contributed by atoms with van der Waals surface area (Å²) in [5.74, 6) is 0.913. The molecule has 0 bridgehead atoms. The van der Waals surface area contributed by atoms with E-state index >= 15 is 0 Å². The van der Waals surface area contributed by atoms with Gasteiger partial charge in [0.1, 0.15) is 0 Å². The zero-order chi connectivity index (χ0) is 22.7. The van der Waals surface area contributed by atoms with Crippen LogP contribution in [0.4, 0.5) is 11.6 Å². The number of rotatable bonds is 5. The second-order valence-corrected chi connectivity index (χ2v) is 10.5. The molecule has 7 nitrogen and oxygen atoms in total. The van der Waals surface area contributed by atoms with Gasteiger partial charge in [0.15, 0.2) is 5.15 Å². The summed E-state index contributed by atoms with van der Waals surface area (Å²) in [6.07, 6.45) is 7.97. The Hall–Kier alpha value is -1.93. The molecule has 3 aliphatic rings. The fraction of sp³-hybridized carbons (Fsp3) is 0.542. The van der Waals surface area contributed by atoms with Crippen LogP contribution in [0.15, 0.2) is 24.5 Å². The Labute approximate surface area is 203 Å². The number of aromatic nitrogens is 4. The maximum atomic E-state index is 6.76. The standard InChI is InChI=1S/C24H28Cl2N6O/c1-13-5-15(6-14(2)31(13)18-11-33-12-18)19-8-21-16(7-20(19)25)9-27-24(29-21)30-22-10-28-32(23(22)26)17-3-4-17/h7-10,13-15,17-18H,3-6,11-12H2,1-2H3,(H,27,29,30). The molecule has 1 aliphatic carbocycles. The Morgan fingerprint density at radius 1 is 1.03 bits per heavy atom. The molecule has 2 aromatic heterocycles. The molecule has 1 saturated carbocycles. The second-order valence-electron chi connectivity index (χ2n) is 9.78. The predicted molar refractivity (Wildman–Crippen MR) is 131 cm³/mol. The zero-order valence-corrected chi connectivity index (χ0v) is 20.4.